The highest BCUT2D eigenvalue weighted by Gasteiger charge is 2.27. The molecule has 0 N–H and O–H groups in total. The van der Waals surface area contributed by atoms with E-state index in [1.54, 1.807) is 23.2 Å². The van der Waals surface area contributed by atoms with Crippen LogP contribution in [0.4, 0.5) is 0 Å². The topological polar surface area (TPSA) is 57.0 Å². The summed E-state index contributed by atoms with van der Waals surface area (Å²) in [6.45, 7) is 0. The third-order valence-electron chi connectivity index (χ3n) is 3.63. The number of rotatable bonds is 2. The smallest absolute Gasteiger partial charge is 0.272 e. The van der Waals surface area contributed by atoms with Crippen molar-refractivity contribution in [2.45, 2.75) is 31.7 Å². The summed E-state index contributed by atoms with van der Waals surface area (Å²) < 4.78 is 0. The predicted octanol–water partition coefficient (Wildman–Crippen LogP) is 2.24. The lowest BCUT2D eigenvalue weighted by molar-refractivity contribution is 0.0680. The fourth-order valence-electron chi connectivity index (χ4n) is 2.43. The van der Waals surface area contributed by atoms with Crippen LogP contribution in [-0.2, 0) is 0 Å². The second-order valence-corrected chi connectivity index (χ2v) is 4.77. The molecule has 2 rings (SSSR count). The van der Waals surface area contributed by atoms with Crippen molar-refractivity contribution in [3.63, 3.8) is 0 Å². The van der Waals surface area contributed by atoms with Crippen molar-refractivity contribution in [2.75, 3.05) is 7.05 Å². The third kappa shape index (κ3) is 2.67. The average Bonchev–Trinajstić information content (AvgIpc) is 2.47. The van der Waals surface area contributed by atoms with Crippen LogP contribution in [0.3, 0.4) is 0 Å². The number of pyridine rings is 1. The lowest BCUT2D eigenvalue weighted by Gasteiger charge is -2.32. The summed E-state index contributed by atoms with van der Waals surface area (Å²) in [4.78, 5) is 18.0. The Hall–Kier alpha value is -1.89. The molecule has 1 aromatic rings. The second kappa shape index (κ2) is 5.63. The first-order chi connectivity index (χ1) is 8.72. The highest BCUT2D eigenvalue weighted by Crippen LogP contribution is 2.27. The molecule has 1 fully saturated rings. The summed E-state index contributed by atoms with van der Waals surface area (Å²) in [5, 5.41) is 8.86. The lowest BCUT2D eigenvalue weighted by Crippen LogP contribution is -2.39. The molecule has 0 radical (unpaired) electrons. The van der Waals surface area contributed by atoms with E-state index in [-0.39, 0.29) is 17.9 Å². The van der Waals surface area contributed by atoms with E-state index in [1.807, 2.05) is 13.1 Å². The summed E-state index contributed by atoms with van der Waals surface area (Å²) >= 11 is 0. The minimum Gasteiger partial charge on any atom is -0.337 e. The molecule has 1 aliphatic carbocycles. The molecular weight excluding hydrogens is 226 g/mol. The Kier molecular flexibility index (Phi) is 3.93. The van der Waals surface area contributed by atoms with Crippen LogP contribution in [0.15, 0.2) is 24.4 Å². The molecule has 1 aromatic heterocycles. The highest BCUT2D eigenvalue weighted by molar-refractivity contribution is 5.92. The van der Waals surface area contributed by atoms with Gasteiger partial charge in [-0.3, -0.25) is 9.78 Å². The second-order valence-electron chi connectivity index (χ2n) is 4.77. The van der Waals surface area contributed by atoms with Gasteiger partial charge in [-0.1, -0.05) is 6.07 Å². The Balaban J connectivity index is 1.98. The molecule has 0 spiro atoms. The predicted molar refractivity (Wildman–Crippen MR) is 67.7 cm³/mol. The van der Waals surface area contributed by atoms with Gasteiger partial charge < -0.3 is 4.90 Å². The van der Waals surface area contributed by atoms with Gasteiger partial charge in [0.05, 0.1) is 6.07 Å². The van der Waals surface area contributed by atoms with Gasteiger partial charge in [-0.2, -0.15) is 5.26 Å². The molecule has 0 aromatic carbocycles. The Bertz CT molecular complexity index is 444. The Morgan fingerprint density at radius 3 is 2.67 bits per heavy atom. The first-order valence-corrected chi connectivity index (χ1v) is 6.30. The quantitative estimate of drug-likeness (QED) is 0.800. The van der Waals surface area contributed by atoms with Crippen molar-refractivity contribution >= 4 is 5.91 Å². The standard InChI is InChI=1S/C14H17N3O/c1-17(12-7-5-11(10-15)6-8-12)14(18)13-4-2-3-9-16-13/h2-4,9,11-12H,5-8H2,1H3. The molecular formula is C14H17N3O. The Labute approximate surface area is 107 Å². The van der Waals surface area contributed by atoms with Crippen molar-refractivity contribution in [3.8, 4) is 6.07 Å². The fraction of sp³-hybridized carbons (Fsp3) is 0.500. The lowest BCUT2D eigenvalue weighted by atomic mass is 9.86. The summed E-state index contributed by atoms with van der Waals surface area (Å²) in [5.41, 5.74) is 0.488. The van der Waals surface area contributed by atoms with Crippen LogP contribution >= 0.6 is 0 Å². The zero-order valence-electron chi connectivity index (χ0n) is 10.5. The molecule has 4 nitrogen and oxygen atoms in total. The molecule has 94 valence electrons. The van der Waals surface area contributed by atoms with Gasteiger partial charge in [-0.15, -0.1) is 0 Å². The SMILES string of the molecule is CN(C(=O)c1ccccn1)C1CCC(C#N)CC1. The number of carbonyl (C=O) groups is 1. The number of hydrogen-bond acceptors (Lipinski definition) is 3. The molecule has 1 saturated carbocycles. The summed E-state index contributed by atoms with van der Waals surface area (Å²) in [7, 11) is 1.83. The van der Waals surface area contributed by atoms with Crippen molar-refractivity contribution in [1.82, 2.24) is 9.88 Å². The van der Waals surface area contributed by atoms with Gasteiger partial charge in [0.15, 0.2) is 0 Å². The summed E-state index contributed by atoms with van der Waals surface area (Å²) in [5.74, 6) is 0.135. The zero-order valence-corrected chi connectivity index (χ0v) is 10.5. The van der Waals surface area contributed by atoms with E-state index >= 15 is 0 Å². The Morgan fingerprint density at radius 2 is 2.11 bits per heavy atom. The van der Waals surface area contributed by atoms with E-state index in [2.05, 4.69) is 11.1 Å². The Morgan fingerprint density at radius 1 is 1.39 bits per heavy atom. The maximum Gasteiger partial charge on any atom is 0.272 e. The molecule has 1 aliphatic rings. The van der Waals surface area contributed by atoms with Crippen LogP contribution in [0.1, 0.15) is 36.2 Å². The normalized spacial score (nSPS) is 23.1. The molecule has 0 aliphatic heterocycles. The van der Waals surface area contributed by atoms with Crippen LogP contribution in [-0.4, -0.2) is 28.9 Å². The third-order valence-corrected chi connectivity index (χ3v) is 3.63. The van der Waals surface area contributed by atoms with Crippen molar-refractivity contribution < 1.29 is 4.79 Å². The minimum absolute atomic E-state index is 0.0315. The summed E-state index contributed by atoms with van der Waals surface area (Å²) in [6.07, 6.45) is 5.23. The van der Waals surface area contributed by atoms with Crippen molar-refractivity contribution in [3.05, 3.63) is 30.1 Å². The van der Waals surface area contributed by atoms with E-state index in [4.69, 9.17) is 5.26 Å². The molecule has 0 atom stereocenters. The minimum atomic E-state index is -0.0315. The molecule has 1 amide bonds. The molecule has 0 saturated heterocycles. The average molecular weight is 243 g/mol. The van der Waals surface area contributed by atoms with Gasteiger partial charge in [0.25, 0.3) is 5.91 Å². The number of nitriles is 1. The number of aromatic nitrogens is 1. The van der Waals surface area contributed by atoms with Crippen LogP contribution in [0, 0.1) is 17.2 Å². The van der Waals surface area contributed by atoms with Gasteiger partial charge in [-0.05, 0) is 37.8 Å². The van der Waals surface area contributed by atoms with E-state index in [9.17, 15) is 4.79 Å². The van der Waals surface area contributed by atoms with Crippen molar-refractivity contribution in [2.24, 2.45) is 5.92 Å². The maximum atomic E-state index is 12.2. The van der Waals surface area contributed by atoms with Crippen LogP contribution in [0.5, 0.6) is 0 Å². The van der Waals surface area contributed by atoms with E-state index in [0.29, 0.717) is 5.69 Å². The van der Waals surface area contributed by atoms with E-state index in [0.717, 1.165) is 25.7 Å². The maximum absolute atomic E-state index is 12.2. The molecule has 0 unspecified atom stereocenters. The largest absolute Gasteiger partial charge is 0.337 e. The molecule has 0 bridgehead atoms. The molecule has 4 heteroatoms. The number of nitrogens with zero attached hydrogens (tertiary/aromatic N) is 3. The summed E-state index contributed by atoms with van der Waals surface area (Å²) in [6, 6.07) is 7.90. The van der Waals surface area contributed by atoms with Gasteiger partial charge in [0.1, 0.15) is 5.69 Å². The number of carbonyl (C=O) groups excluding carboxylic acids is 1. The zero-order chi connectivity index (χ0) is 13.0. The first kappa shape index (κ1) is 12.6. The highest BCUT2D eigenvalue weighted by atomic mass is 16.2. The van der Waals surface area contributed by atoms with E-state index in [1.165, 1.54) is 0 Å². The van der Waals surface area contributed by atoms with Gasteiger partial charge in [-0.25, -0.2) is 0 Å². The number of hydrogen-bond donors (Lipinski definition) is 0. The fourth-order valence-corrected chi connectivity index (χ4v) is 2.43. The monoisotopic (exact) mass is 243 g/mol. The van der Waals surface area contributed by atoms with Crippen LogP contribution in [0.2, 0.25) is 0 Å². The number of amides is 1. The first-order valence-electron chi connectivity index (χ1n) is 6.30. The van der Waals surface area contributed by atoms with Crippen molar-refractivity contribution in [1.29, 1.82) is 5.26 Å². The molecule has 1 heterocycles. The van der Waals surface area contributed by atoms with Gasteiger partial charge >= 0.3 is 0 Å². The van der Waals surface area contributed by atoms with Gasteiger partial charge in [0.2, 0.25) is 0 Å². The van der Waals surface area contributed by atoms with Gasteiger partial charge in [0, 0.05) is 25.2 Å². The molecule has 18 heavy (non-hydrogen) atoms. The van der Waals surface area contributed by atoms with E-state index < -0.39 is 0 Å². The van der Waals surface area contributed by atoms with Crippen LogP contribution < -0.4 is 0 Å². The van der Waals surface area contributed by atoms with Crippen LogP contribution in [0.25, 0.3) is 0 Å².